The molecule has 4 heterocycles. The van der Waals surface area contributed by atoms with Crippen molar-refractivity contribution in [1.29, 1.82) is 0 Å². The van der Waals surface area contributed by atoms with Crippen LogP contribution in [0.4, 0.5) is 0 Å². The smallest absolute Gasteiger partial charge is 0.270 e. The maximum Gasteiger partial charge on any atom is 0.270 e. The molecule has 0 bridgehead atoms. The Balaban J connectivity index is 0.00000113. The Hall–Kier alpha value is -2.67. The number of rotatable bonds is 3. The maximum absolute atomic E-state index is 12.6. The van der Waals surface area contributed by atoms with Gasteiger partial charge in [-0.3, -0.25) is 4.79 Å². The highest BCUT2D eigenvalue weighted by Crippen LogP contribution is 2.26. The number of aliphatic hydroxyl groups excluding tert-OH is 1. The Bertz CT molecular complexity index is 863. The van der Waals surface area contributed by atoms with Crippen LogP contribution in [-0.4, -0.2) is 55.0 Å². The number of hydrogen-bond acceptors (Lipinski definition) is 4. The first-order chi connectivity index (χ1) is 11.3. The molecule has 3 aromatic heterocycles. The zero-order chi connectivity index (χ0) is 15.8. The Morgan fingerprint density at radius 2 is 2.35 bits per heavy atom. The van der Waals surface area contributed by atoms with Gasteiger partial charge in [0.05, 0.1) is 18.3 Å². The average Bonchev–Trinajstić information content (AvgIpc) is 3.32. The minimum Gasteiger partial charge on any atom is -0.394 e. The van der Waals surface area contributed by atoms with E-state index in [1.165, 1.54) is 6.33 Å². The zero-order valence-corrected chi connectivity index (χ0v) is 12.5. The number of aliphatic hydroxyl groups is 1. The first-order valence-corrected chi connectivity index (χ1v) is 7.66. The van der Waals surface area contributed by atoms with E-state index < -0.39 is 0 Å². The summed E-state index contributed by atoms with van der Waals surface area (Å²) in [4.78, 5) is 29.0. The molecule has 1 fully saturated rings. The fourth-order valence-electron chi connectivity index (χ4n) is 3.20. The quantitative estimate of drug-likeness (QED) is 0.689. The van der Waals surface area contributed by atoms with Crippen molar-refractivity contribution >= 4 is 16.9 Å². The summed E-state index contributed by atoms with van der Waals surface area (Å²) in [5, 5.41) is 10.3. The van der Waals surface area contributed by atoms with Crippen molar-refractivity contribution < 1.29 is 12.8 Å². The fraction of sp³-hybridized carbons (Fsp3) is 0.312. The molecular weight excluding hydrogens is 294 g/mol. The number of carbonyl (C=O) groups excluding carboxylic acids is 1. The Morgan fingerprint density at radius 3 is 3.22 bits per heavy atom. The van der Waals surface area contributed by atoms with E-state index in [4.69, 9.17) is 0 Å². The van der Waals surface area contributed by atoms with Crippen LogP contribution in [0.5, 0.6) is 0 Å². The van der Waals surface area contributed by atoms with Crippen LogP contribution in [-0.2, 0) is 0 Å². The second-order valence-electron chi connectivity index (χ2n) is 5.74. The molecular formula is C16H21N5O2. The first kappa shape index (κ1) is 14.0. The lowest BCUT2D eigenvalue weighted by Crippen LogP contribution is -2.37. The molecule has 1 atom stereocenters. The summed E-state index contributed by atoms with van der Waals surface area (Å²) in [6.45, 7) is 0.698. The van der Waals surface area contributed by atoms with Crippen LogP contribution in [0.3, 0.4) is 0 Å². The van der Waals surface area contributed by atoms with E-state index in [-0.39, 0.29) is 21.4 Å². The molecule has 0 radical (unpaired) electrons. The molecule has 23 heavy (non-hydrogen) atoms. The number of aromatic nitrogens is 4. The number of H-pyrrole nitrogens is 2. The predicted molar refractivity (Wildman–Crippen MR) is 89.0 cm³/mol. The highest BCUT2D eigenvalue weighted by Gasteiger charge is 2.29. The van der Waals surface area contributed by atoms with E-state index in [9.17, 15) is 9.90 Å². The Labute approximate surface area is 135 Å². The number of nitrogens with zero attached hydrogens (tertiary/aromatic N) is 3. The molecule has 1 saturated heterocycles. The minimum absolute atomic E-state index is 0. The number of likely N-dealkylation sites (tertiary alicyclic amines) is 1. The normalized spacial score (nSPS) is 18.0. The summed E-state index contributed by atoms with van der Waals surface area (Å²) < 4.78 is 0. The van der Waals surface area contributed by atoms with Crippen molar-refractivity contribution in [2.75, 3.05) is 13.2 Å². The molecule has 3 aromatic rings. The topological polar surface area (TPSA) is 97.9 Å². The van der Waals surface area contributed by atoms with Gasteiger partial charge >= 0.3 is 0 Å². The van der Waals surface area contributed by atoms with Crippen molar-refractivity contribution in [3.05, 3.63) is 36.5 Å². The minimum atomic E-state index is -0.0790. The molecule has 1 aliphatic heterocycles. The summed E-state index contributed by atoms with van der Waals surface area (Å²) in [5.41, 5.74) is 2.92. The molecule has 0 aromatic carbocycles. The van der Waals surface area contributed by atoms with E-state index in [0.717, 1.165) is 35.1 Å². The van der Waals surface area contributed by atoms with Crippen molar-refractivity contribution in [3.8, 4) is 11.3 Å². The van der Waals surface area contributed by atoms with Crippen LogP contribution in [0.25, 0.3) is 22.3 Å². The Morgan fingerprint density at radius 1 is 1.43 bits per heavy atom. The SMILES string of the molecule is O=C(c1cc(-c2ncnc3[nH]ccc23)c[nH]1)N1CCCC1CO.[HH].[HH]. The number of carbonyl (C=O) groups is 1. The highest BCUT2D eigenvalue weighted by atomic mass is 16.3. The molecule has 0 spiro atoms. The summed E-state index contributed by atoms with van der Waals surface area (Å²) in [7, 11) is 0. The number of amides is 1. The number of hydrogen-bond donors (Lipinski definition) is 3. The second-order valence-corrected chi connectivity index (χ2v) is 5.74. The van der Waals surface area contributed by atoms with Gasteiger partial charge in [-0.15, -0.1) is 0 Å². The van der Waals surface area contributed by atoms with Gasteiger partial charge in [-0.05, 0) is 25.0 Å². The van der Waals surface area contributed by atoms with Crippen LogP contribution >= 0.6 is 0 Å². The third-order valence-electron chi connectivity index (χ3n) is 4.39. The summed E-state index contributed by atoms with van der Waals surface area (Å²) in [6.07, 6.45) is 6.89. The molecule has 7 nitrogen and oxygen atoms in total. The lowest BCUT2D eigenvalue weighted by atomic mass is 10.1. The highest BCUT2D eigenvalue weighted by molar-refractivity contribution is 5.96. The van der Waals surface area contributed by atoms with Crippen LogP contribution in [0.2, 0.25) is 0 Å². The number of aromatic amines is 2. The van der Waals surface area contributed by atoms with Gasteiger partial charge in [0, 0.05) is 32.7 Å². The van der Waals surface area contributed by atoms with E-state index in [0.29, 0.717) is 12.2 Å². The average molecular weight is 315 g/mol. The molecule has 1 aliphatic rings. The summed E-state index contributed by atoms with van der Waals surface area (Å²) in [6, 6.07) is 3.65. The summed E-state index contributed by atoms with van der Waals surface area (Å²) >= 11 is 0. The van der Waals surface area contributed by atoms with Crippen molar-refractivity contribution in [1.82, 2.24) is 24.8 Å². The fourth-order valence-corrected chi connectivity index (χ4v) is 3.20. The van der Waals surface area contributed by atoms with Crippen molar-refractivity contribution in [2.45, 2.75) is 18.9 Å². The van der Waals surface area contributed by atoms with Gasteiger partial charge in [0.2, 0.25) is 0 Å². The zero-order valence-electron chi connectivity index (χ0n) is 12.5. The molecule has 4 rings (SSSR count). The third-order valence-corrected chi connectivity index (χ3v) is 4.39. The molecule has 1 amide bonds. The molecule has 0 saturated carbocycles. The lowest BCUT2D eigenvalue weighted by molar-refractivity contribution is 0.0672. The lowest BCUT2D eigenvalue weighted by Gasteiger charge is -2.22. The van der Waals surface area contributed by atoms with Crippen molar-refractivity contribution in [3.63, 3.8) is 0 Å². The van der Waals surface area contributed by atoms with E-state index in [1.54, 1.807) is 11.1 Å². The molecule has 3 N–H and O–H groups in total. The van der Waals surface area contributed by atoms with Gasteiger partial charge in [0.25, 0.3) is 5.91 Å². The van der Waals surface area contributed by atoms with Gasteiger partial charge in [-0.1, -0.05) is 0 Å². The maximum atomic E-state index is 12.6. The number of fused-ring (bicyclic) bond motifs is 1. The third kappa shape index (κ3) is 2.29. The van der Waals surface area contributed by atoms with Crippen molar-refractivity contribution in [2.24, 2.45) is 0 Å². The monoisotopic (exact) mass is 315 g/mol. The molecule has 7 heteroatoms. The van der Waals surface area contributed by atoms with E-state index >= 15 is 0 Å². The van der Waals surface area contributed by atoms with Crippen LogP contribution in [0.15, 0.2) is 30.9 Å². The van der Waals surface area contributed by atoms with Gasteiger partial charge in [-0.2, -0.15) is 0 Å². The van der Waals surface area contributed by atoms with Gasteiger partial charge in [0.1, 0.15) is 17.7 Å². The predicted octanol–water partition coefficient (Wildman–Crippen LogP) is 2.04. The molecule has 0 aliphatic carbocycles. The van der Waals surface area contributed by atoms with Crippen LogP contribution in [0, 0.1) is 0 Å². The second kappa shape index (κ2) is 5.51. The van der Waals surface area contributed by atoms with Gasteiger partial charge < -0.3 is 20.0 Å². The summed E-state index contributed by atoms with van der Waals surface area (Å²) in [5.74, 6) is -0.0767. The number of nitrogens with one attached hydrogen (secondary N) is 2. The first-order valence-electron chi connectivity index (χ1n) is 7.66. The van der Waals surface area contributed by atoms with Gasteiger partial charge in [-0.25, -0.2) is 9.97 Å². The molecule has 122 valence electrons. The van der Waals surface area contributed by atoms with Crippen LogP contribution < -0.4 is 0 Å². The largest absolute Gasteiger partial charge is 0.394 e. The van der Waals surface area contributed by atoms with Gasteiger partial charge in [0.15, 0.2) is 0 Å². The molecule has 1 unspecified atom stereocenters. The van der Waals surface area contributed by atoms with E-state index in [1.807, 2.05) is 18.3 Å². The van der Waals surface area contributed by atoms with Crippen LogP contribution in [0.1, 0.15) is 26.2 Å². The van der Waals surface area contributed by atoms with E-state index in [2.05, 4.69) is 19.9 Å². The standard InChI is InChI=1S/C16H17N5O2.2H2/c22-8-11-2-1-5-21(11)16(23)13-6-10(7-18-13)14-12-3-4-17-15(12)20-9-19-14;;/h3-4,6-7,9,11,18,22H,1-2,5,8H2,(H,17,19,20);2*1H. The Kier molecular flexibility index (Phi) is 3.34.